The molecule has 7 heteroatoms. The van der Waals surface area contributed by atoms with Crippen molar-refractivity contribution in [3.63, 3.8) is 0 Å². The molecule has 0 aliphatic carbocycles. The summed E-state index contributed by atoms with van der Waals surface area (Å²) in [5.74, 6) is -0.608. The number of alkyl halides is 1. The molecular formula is C12H9BrClN3O2. The van der Waals surface area contributed by atoms with E-state index >= 15 is 0 Å². The summed E-state index contributed by atoms with van der Waals surface area (Å²) in [4.78, 5) is 25.7. The Morgan fingerprint density at radius 3 is 2.58 bits per heavy atom. The average Bonchev–Trinajstić information content (AvgIpc) is 2.84. The minimum atomic E-state index is -1.09. The van der Waals surface area contributed by atoms with Crippen molar-refractivity contribution in [1.29, 1.82) is 0 Å². The fourth-order valence-corrected chi connectivity index (χ4v) is 2.91. The second kappa shape index (κ2) is 4.38. The number of hydrogen-bond donors (Lipinski definition) is 0. The van der Waals surface area contributed by atoms with Crippen molar-refractivity contribution in [2.24, 2.45) is 10.2 Å². The van der Waals surface area contributed by atoms with Crippen LogP contribution in [0.25, 0.3) is 0 Å². The number of anilines is 1. The summed E-state index contributed by atoms with van der Waals surface area (Å²) >= 11 is 9.17. The molecule has 1 spiro atoms. The van der Waals surface area contributed by atoms with Crippen LogP contribution in [0.1, 0.15) is 12.8 Å². The van der Waals surface area contributed by atoms with Crippen LogP contribution in [0, 0.1) is 0 Å². The van der Waals surface area contributed by atoms with Gasteiger partial charge in [-0.3, -0.25) is 9.59 Å². The van der Waals surface area contributed by atoms with Crippen LogP contribution in [0.4, 0.5) is 5.69 Å². The van der Waals surface area contributed by atoms with Crippen molar-refractivity contribution in [3.8, 4) is 0 Å². The zero-order valence-electron chi connectivity index (χ0n) is 9.72. The van der Waals surface area contributed by atoms with E-state index in [1.807, 2.05) is 0 Å². The van der Waals surface area contributed by atoms with E-state index in [1.165, 1.54) is 4.90 Å². The van der Waals surface area contributed by atoms with Gasteiger partial charge in [0.05, 0.1) is 12.1 Å². The minimum Gasteiger partial charge on any atom is -0.274 e. The normalized spacial score (nSPS) is 29.8. The maximum absolute atomic E-state index is 12.5. The van der Waals surface area contributed by atoms with E-state index in [0.29, 0.717) is 5.69 Å². The van der Waals surface area contributed by atoms with Gasteiger partial charge in [-0.2, -0.15) is 10.2 Å². The molecule has 1 aromatic carbocycles. The highest BCUT2D eigenvalue weighted by molar-refractivity contribution is 9.10. The molecule has 3 rings (SSSR count). The zero-order valence-corrected chi connectivity index (χ0v) is 12.1. The highest BCUT2D eigenvalue weighted by Gasteiger charge is 2.55. The van der Waals surface area contributed by atoms with Crippen LogP contribution in [-0.2, 0) is 9.59 Å². The SMILES string of the molecule is O=C1C[C@]2(C[C@H](Cl)N=N2)C(=O)N1c1ccc(Br)cc1. The van der Waals surface area contributed by atoms with Gasteiger partial charge in [-0.05, 0) is 24.3 Å². The molecule has 1 aromatic rings. The highest BCUT2D eigenvalue weighted by Crippen LogP contribution is 2.40. The second-order valence-corrected chi connectivity index (χ2v) is 5.99. The fraction of sp³-hybridized carbons (Fsp3) is 0.333. The molecule has 0 bridgehead atoms. The monoisotopic (exact) mass is 341 g/mol. The Balaban J connectivity index is 1.96. The first-order valence-electron chi connectivity index (χ1n) is 5.71. The van der Waals surface area contributed by atoms with Crippen LogP contribution in [0.15, 0.2) is 39.0 Å². The number of benzene rings is 1. The van der Waals surface area contributed by atoms with Crippen molar-refractivity contribution in [2.45, 2.75) is 23.9 Å². The fourth-order valence-electron chi connectivity index (χ4n) is 2.35. The number of imide groups is 1. The third-order valence-electron chi connectivity index (χ3n) is 3.26. The lowest BCUT2D eigenvalue weighted by atomic mass is 9.95. The molecule has 19 heavy (non-hydrogen) atoms. The summed E-state index contributed by atoms with van der Waals surface area (Å²) in [6, 6.07) is 6.98. The van der Waals surface area contributed by atoms with Crippen LogP contribution in [-0.4, -0.2) is 22.9 Å². The number of hydrogen-bond acceptors (Lipinski definition) is 4. The standard InChI is InChI=1S/C12H9BrClN3O2/c13-7-1-3-8(4-2-7)17-10(18)6-12(11(17)19)5-9(14)15-16-12/h1-4,9H,5-6H2/t9-,12-/m1/s1. The predicted molar refractivity (Wildman–Crippen MR) is 73.1 cm³/mol. The quantitative estimate of drug-likeness (QED) is 0.447. The van der Waals surface area contributed by atoms with Crippen molar-refractivity contribution in [2.75, 3.05) is 4.90 Å². The van der Waals surface area contributed by atoms with Gasteiger partial charge in [-0.15, -0.1) is 0 Å². The second-order valence-electron chi connectivity index (χ2n) is 4.57. The summed E-state index contributed by atoms with van der Waals surface area (Å²) in [6.45, 7) is 0. The van der Waals surface area contributed by atoms with Crippen LogP contribution in [0.5, 0.6) is 0 Å². The smallest absolute Gasteiger partial charge is 0.264 e. The van der Waals surface area contributed by atoms with E-state index in [9.17, 15) is 9.59 Å². The van der Waals surface area contributed by atoms with Gasteiger partial charge in [0, 0.05) is 10.9 Å². The van der Waals surface area contributed by atoms with Gasteiger partial charge in [0.15, 0.2) is 5.54 Å². The lowest BCUT2D eigenvalue weighted by Crippen LogP contribution is -2.38. The molecule has 2 aliphatic heterocycles. The Kier molecular flexibility index (Phi) is 2.94. The Hall–Kier alpha value is -1.27. The summed E-state index contributed by atoms with van der Waals surface area (Å²) in [5, 5.41) is 7.73. The van der Waals surface area contributed by atoms with Crippen LogP contribution < -0.4 is 4.90 Å². The molecule has 1 fully saturated rings. The van der Waals surface area contributed by atoms with E-state index in [1.54, 1.807) is 24.3 Å². The van der Waals surface area contributed by atoms with Crippen molar-refractivity contribution < 1.29 is 9.59 Å². The molecule has 0 aromatic heterocycles. The minimum absolute atomic E-state index is 0.0363. The molecule has 0 unspecified atom stereocenters. The molecule has 2 amide bonds. The summed E-state index contributed by atoms with van der Waals surface area (Å²) in [5.41, 5.74) is -1.07. The van der Waals surface area contributed by atoms with Crippen LogP contribution >= 0.6 is 27.5 Å². The molecule has 0 N–H and O–H groups in total. The van der Waals surface area contributed by atoms with Gasteiger partial charge >= 0.3 is 0 Å². The Labute approximate surface area is 122 Å². The van der Waals surface area contributed by atoms with Crippen molar-refractivity contribution in [1.82, 2.24) is 0 Å². The van der Waals surface area contributed by atoms with Gasteiger partial charge in [0.1, 0.15) is 5.50 Å². The predicted octanol–water partition coefficient (Wildman–Crippen LogP) is 2.87. The summed E-state index contributed by atoms with van der Waals surface area (Å²) in [6.07, 6.45) is 0.320. The molecule has 2 aliphatic rings. The molecule has 5 nitrogen and oxygen atoms in total. The first kappa shape index (κ1) is 12.7. The number of halogens is 2. The largest absolute Gasteiger partial charge is 0.274 e. The first-order chi connectivity index (χ1) is 9.02. The summed E-state index contributed by atoms with van der Waals surface area (Å²) < 4.78 is 0.881. The average molecular weight is 343 g/mol. The lowest BCUT2D eigenvalue weighted by Gasteiger charge is -2.17. The molecule has 2 atom stereocenters. The number of carbonyl (C=O) groups excluding carboxylic acids is 2. The molecule has 98 valence electrons. The first-order valence-corrected chi connectivity index (χ1v) is 6.94. The van der Waals surface area contributed by atoms with Crippen LogP contribution in [0.3, 0.4) is 0 Å². The number of nitrogens with zero attached hydrogens (tertiary/aromatic N) is 3. The van der Waals surface area contributed by atoms with Crippen LogP contribution in [0.2, 0.25) is 0 Å². The summed E-state index contributed by atoms with van der Waals surface area (Å²) in [7, 11) is 0. The number of carbonyl (C=O) groups is 2. The van der Waals surface area contributed by atoms with E-state index < -0.39 is 11.0 Å². The van der Waals surface area contributed by atoms with E-state index in [2.05, 4.69) is 26.2 Å². The molecule has 0 radical (unpaired) electrons. The van der Waals surface area contributed by atoms with Gasteiger partial charge in [0.25, 0.3) is 5.91 Å². The van der Waals surface area contributed by atoms with E-state index in [-0.39, 0.29) is 24.7 Å². The van der Waals surface area contributed by atoms with Gasteiger partial charge in [0.2, 0.25) is 5.91 Å². The highest BCUT2D eigenvalue weighted by atomic mass is 79.9. The van der Waals surface area contributed by atoms with Gasteiger partial charge in [-0.25, -0.2) is 4.90 Å². The number of rotatable bonds is 1. The topological polar surface area (TPSA) is 62.1 Å². The molecular weight excluding hydrogens is 334 g/mol. The molecule has 1 saturated heterocycles. The van der Waals surface area contributed by atoms with Crippen molar-refractivity contribution in [3.05, 3.63) is 28.7 Å². The maximum atomic E-state index is 12.5. The van der Waals surface area contributed by atoms with Crippen molar-refractivity contribution >= 4 is 45.0 Å². The lowest BCUT2D eigenvalue weighted by molar-refractivity contribution is -0.122. The zero-order chi connectivity index (χ0) is 13.6. The Morgan fingerprint density at radius 1 is 1.32 bits per heavy atom. The Bertz CT molecular complexity index is 589. The van der Waals surface area contributed by atoms with E-state index in [4.69, 9.17) is 11.6 Å². The number of amides is 2. The Morgan fingerprint density at radius 2 is 2.00 bits per heavy atom. The maximum Gasteiger partial charge on any atom is 0.264 e. The third kappa shape index (κ3) is 1.99. The third-order valence-corrected chi connectivity index (χ3v) is 4.03. The number of azo groups is 1. The molecule has 2 heterocycles. The van der Waals surface area contributed by atoms with Gasteiger partial charge < -0.3 is 0 Å². The van der Waals surface area contributed by atoms with E-state index in [0.717, 1.165) is 4.47 Å². The van der Waals surface area contributed by atoms with Gasteiger partial charge in [-0.1, -0.05) is 27.5 Å². The molecule has 0 saturated carbocycles.